The number of carbonyl (C=O) groups excluding carboxylic acids is 1. The van der Waals surface area contributed by atoms with Crippen molar-refractivity contribution >= 4 is 11.9 Å². The van der Waals surface area contributed by atoms with Gasteiger partial charge in [-0.3, -0.25) is 14.7 Å². The molecule has 7 nitrogen and oxygen atoms in total. The third-order valence-corrected chi connectivity index (χ3v) is 6.11. The van der Waals surface area contributed by atoms with Gasteiger partial charge in [0.2, 0.25) is 5.91 Å². The van der Waals surface area contributed by atoms with Gasteiger partial charge in [-0.15, -0.1) is 0 Å². The molecule has 1 saturated carbocycles. The second kappa shape index (κ2) is 10.6. The molecule has 1 amide bonds. The maximum Gasteiger partial charge on any atom is 0.225 e. The van der Waals surface area contributed by atoms with Crippen molar-refractivity contribution in [3.8, 4) is 5.75 Å². The summed E-state index contributed by atoms with van der Waals surface area (Å²) in [7, 11) is 3.18. The number of rotatable bonds is 7. The normalized spacial score (nSPS) is 19.2. The van der Waals surface area contributed by atoms with Gasteiger partial charge in [-0.25, -0.2) is 4.39 Å². The highest BCUT2D eigenvalue weighted by atomic mass is 19.1. The molecule has 2 fully saturated rings. The zero-order chi connectivity index (χ0) is 21.5. The lowest BCUT2D eigenvalue weighted by Crippen LogP contribution is -2.52. The number of guanidine groups is 1. The van der Waals surface area contributed by atoms with Gasteiger partial charge in [0.05, 0.1) is 13.2 Å². The van der Waals surface area contributed by atoms with Crippen molar-refractivity contribution in [3.63, 3.8) is 0 Å². The first kappa shape index (κ1) is 22.3. The number of hydrogen-bond donors (Lipinski definition) is 2. The first-order valence-electron chi connectivity index (χ1n) is 10.8. The lowest BCUT2D eigenvalue weighted by Gasteiger charge is -2.38. The predicted molar refractivity (Wildman–Crippen MR) is 116 cm³/mol. The van der Waals surface area contributed by atoms with E-state index >= 15 is 0 Å². The lowest BCUT2D eigenvalue weighted by atomic mass is 9.84. The summed E-state index contributed by atoms with van der Waals surface area (Å²) >= 11 is 0. The van der Waals surface area contributed by atoms with Crippen LogP contribution in [0.2, 0.25) is 0 Å². The molecular weight excluding hydrogens is 385 g/mol. The van der Waals surface area contributed by atoms with Crippen LogP contribution in [0.25, 0.3) is 0 Å². The van der Waals surface area contributed by atoms with Crippen LogP contribution in [0.1, 0.15) is 37.8 Å². The average molecular weight is 420 g/mol. The largest absolute Gasteiger partial charge is 0.494 e. The summed E-state index contributed by atoms with van der Waals surface area (Å²) in [5.41, 5.74) is 0.823. The van der Waals surface area contributed by atoms with E-state index in [1.807, 2.05) is 17.9 Å². The van der Waals surface area contributed by atoms with Crippen LogP contribution in [0.4, 0.5) is 4.39 Å². The molecular formula is C22H34FN5O2. The number of methoxy groups -OCH3 is 1. The molecule has 3 rings (SSSR count). The van der Waals surface area contributed by atoms with Crippen LogP contribution in [0.3, 0.4) is 0 Å². The predicted octanol–water partition coefficient (Wildman–Crippen LogP) is 2.00. The highest BCUT2D eigenvalue weighted by Crippen LogP contribution is 2.28. The molecule has 1 aromatic carbocycles. The number of hydrogen-bond acceptors (Lipinski definition) is 4. The molecule has 166 valence electrons. The highest BCUT2D eigenvalue weighted by molar-refractivity contribution is 5.80. The number of benzene rings is 1. The molecule has 1 saturated heterocycles. The summed E-state index contributed by atoms with van der Waals surface area (Å²) < 4.78 is 18.9. The smallest absolute Gasteiger partial charge is 0.225 e. The van der Waals surface area contributed by atoms with Crippen molar-refractivity contribution in [1.29, 1.82) is 0 Å². The molecule has 1 aliphatic heterocycles. The summed E-state index contributed by atoms with van der Waals surface area (Å²) in [6.45, 7) is 7.07. The number of piperazine rings is 1. The Hall–Kier alpha value is -2.35. The van der Waals surface area contributed by atoms with Crippen molar-refractivity contribution < 1.29 is 13.9 Å². The molecule has 1 heterocycles. The van der Waals surface area contributed by atoms with Gasteiger partial charge in [-0.1, -0.05) is 12.5 Å². The van der Waals surface area contributed by atoms with Crippen molar-refractivity contribution in [1.82, 2.24) is 20.4 Å². The monoisotopic (exact) mass is 419 g/mol. The van der Waals surface area contributed by atoms with Gasteiger partial charge in [0.25, 0.3) is 0 Å². The van der Waals surface area contributed by atoms with Gasteiger partial charge in [-0.2, -0.15) is 0 Å². The van der Waals surface area contributed by atoms with Crippen LogP contribution in [0.5, 0.6) is 5.75 Å². The van der Waals surface area contributed by atoms with Crippen molar-refractivity contribution in [2.45, 2.75) is 32.2 Å². The zero-order valence-electron chi connectivity index (χ0n) is 18.3. The molecule has 1 atom stereocenters. The minimum atomic E-state index is -0.374. The van der Waals surface area contributed by atoms with Crippen LogP contribution < -0.4 is 15.4 Å². The van der Waals surface area contributed by atoms with Crippen LogP contribution in [-0.2, 0) is 4.79 Å². The summed E-state index contributed by atoms with van der Waals surface area (Å²) in [5, 5.41) is 6.62. The maximum absolute atomic E-state index is 14.0. The van der Waals surface area contributed by atoms with Crippen LogP contribution in [-0.4, -0.2) is 75.1 Å². The molecule has 0 aromatic heterocycles. The number of halogens is 1. The van der Waals surface area contributed by atoms with Crippen LogP contribution in [0.15, 0.2) is 23.2 Å². The number of carbonyl (C=O) groups is 1. The Labute approximate surface area is 178 Å². The van der Waals surface area contributed by atoms with E-state index in [-0.39, 0.29) is 23.5 Å². The molecule has 0 radical (unpaired) electrons. The molecule has 0 bridgehead atoms. The zero-order valence-corrected chi connectivity index (χ0v) is 18.3. The lowest BCUT2D eigenvalue weighted by molar-refractivity contribution is -0.139. The minimum absolute atomic E-state index is 0.0994. The topological polar surface area (TPSA) is 69.2 Å². The Morgan fingerprint density at radius 1 is 1.30 bits per heavy atom. The molecule has 8 heteroatoms. The molecule has 1 aliphatic carbocycles. The standard InChI is InChI=1S/C22H34FN5O2/c1-16(18-7-8-20(30-3)19(23)15-18)26-22(24-2)25-9-10-27-11-13-28(14-12-27)21(29)17-5-4-6-17/h7-8,15-17H,4-6,9-14H2,1-3H3,(H2,24,25,26). The molecule has 2 N–H and O–H groups in total. The van der Waals surface area contributed by atoms with Gasteiger partial charge < -0.3 is 20.3 Å². The Morgan fingerprint density at radius 3 is 2.60 bits per heavy atom. The Bertz CT molecular complexity index is 745. The van der Waals surface area contributed by atoms with Gasteiger partial charge in [-0.05, 0) is 37.5 Å². The van der Waals surface area contributed by atoms with Crippen LogP contribution in [0, 0.1) is 11.7 Å². The van der Waals surface area contributed by atoms with Gasteiger partial charge in [0.15, 0.2) is 17.5 Å². The third kappa shape index (κ3) is 5.62. The molecule has 1 unspecified atom stereocenters. The summed E-state index contributed by atoms with van der Waals surface area (Å²) in [6, 6.07) is 4.86. The third-order valence-electron chi connectivity index (χ3n) is 6.11. The van der Waals surface area contributed by atoms with E-state index in [1.54, 1.807) is 13.1 Å². The van der Waals surface area contributed by atoms with Gasteiger partial charge in [0.1, 0.15) is 0 Å². The second-order valence-corrected chi connectivity index (χ2v) is 8.05. The van der Waals surface area contributed by atoms with E-state index in [0.717, 1.165) is 57.7 Å². The number of nitrogens with zero attached hydrogens (tertiary/aromatic N) is 3. The van der Waals surface area contributed by atoms with E-state index in [4.69, 9.17) is 4.74 Å². The van der Waals surface area contributed by atoms with Crippen molar-refractivity contribution in [2.24, 2.45) is 10.9 Å². The van der Waals surface area contributed by atoms with Crippen LogP contribution >= 0.6 is 0 Å². The molecule has 30 heavy (non-hydrogen) atoms. The fourth-order valence-corrected chi connectivity index (χ4v) is 3.87. The number of aliphatic imine (C=N–C) groups is 1. The fourth-order valence-electron chi connectivity index (χ4n) is 3.87. The number of amides is 1. The summed E-state index contributed by atoms with van der Waals surface area (Å²) in [4.78, 5) is 21.0. The van der Waals surface area contributed by atoms with Crippen molar-refractivity contribution in [2.75, 3.05) is 53.4 Å². The average Bonchev–Trinajstić information content (AvgIpc) is 2.72. The fraction of sp³-hybridized carbons (Fsp3) is 0.636. The Balaban J connectivity index is 1.38. The van der Waals surface area contributed by atoms with E-state index in [9.17, 15) is 9.18 Å². The second-order valence-electron chi connectivity index (χ2n) is 8.05. The molecule has 1 aromatic rings. The Morgan fingerprint density at radius 2 is 2.03 bits per heavy atom. The summed E-state index contributed by atoms with van der Waals surface area (Å²) in [6.07, 6.45) is 3.33. The van der Waals surface area contributed by atoms with Gasteiger partial charge in [0, 0.05) is 52.2 Å². The first-order valence-corrected chi connectivity index (χ1v) is 10.8. The first-order chi connectivity index (χ1) is 14.5. The van der Waals surface area contributed by atoms with Crippen molar-refractivity contribution in [3.05, 3.63) is 29.6 Å². The van der Waals surface area contributed by atoms with E-state index in [0.29, 0.717) is 11.9 Å². The van der Waals surface area contributed by atoms with E-state index < -0.39 is 0 Å². The quantitative estimate of drug-likeness (QED) is 0.523. The number of ether oxygens (including phenoxy) is 1. The van der Waals surface area contributed by atoms with E-state index in [1.165, 1.54) is 19.6 Å². The highest BCUT2D eigenvalue weighted by Gasteiger charge is 2.31. The minimum Gasteiger partial charge on any atom is -0.494 e. The van der Waals surface area contributed by atoms with E-state index in [2.05, 4.69) is 20.5 Å². The number of nitrogens with one attached hydrogen (secondary N) is 2. The summed E-state index contributed by atoms with van der Waals surface area (Å²) in [5.74, 6) is 1.18. The Kier molecular flexibility index (Phi) is 7.90. The molecule has 2 aliphatic rings. The van der Waals surface area contributed by atoms with Gasteiger partial charge >= 0.3 is 0 Å². The molecule has 0 spiro atoms. The SMILES string of the molecule is CN=C(NCCN1CCN(C(=O)C2CCC2)CC1)NC(C)c1ccc(OC)c(F)c1. The maximum atomic E-state index is 14.0.